The molecule has 2 aromatic carbocycles. The molecule has 4 aromatic rings. The second kappa shape index (κ2) is 8.42. The highest BCUT2D eigenvalue weighted by Gasteiger charge is 2.13. The second-order valence-electron chi connectivity index (χ2n) is 7.01. The summed E-state index contributed by atoms with van der Waals surface area (Å²) in [5, 5.41) is 8.86. The summed E-state index contributed by atoms with van der Waals surface area (Å²) in [5.74, 6) is 1.37. The van der Waals surface area contributed by atoms with E-state index >= 15 is 0 Å². The molecule has 0 radical (unpaired) electrons. The van der Waals surface area contributed by atoms with Gasteiger partial charge in [0.05, 0.1) is 25.6 Å². The fraction of sp³-hybridized carbons (Fsp3) is 0.217. The van der Waals surface area contributed by atoms with E-state index in [0.29, 0.717) is 35.8 Å². The van der Waals surface area contributed by atoms with E-state index in [1.54, 1.807) is 18.9 Å². The Morgan fingerprint density at radius 1 is 1.00 bits per heavy atom. The number of hydrogen-bond donors (Lipinski definition) is 2. The number of aromatic amines is 1. The van der Waals surface area contributed by atoms with Crippen molar-refractivity contribution < 1.29 is 9.47 Å². The van der Waals surface area contributed by atoms with Crippen molar-refractivity contribution in [2.24, 2.45) is 0 Å². The molecule has 154 valence electrons. The zero-order valence-electron chi connectivity index (χ0n) is 17.2. The zero-order valence-corrected chi connectivity index (χ0v) is 17.2. The minimum absolute atomic E-state index is 0.126. The van der Waals surface area contributed by atoms with Crippen LogP contribution in [0.15, 0.2) is 59.4 Å². The van der Waals surface area contributed by atoms with E-state index in [1.165, 1.54) is 0 Å². The molecule has 30 heavy (non-hydrogen) atoms. The number of pyridine rings is 1. The summed E-state index contributed by atoms with van der Waals surface area (Å²) in [6.07, 6.45) is 0. The third kappa shape index (κ3) is 3.79. The second-order valence-corrected chi connectivity index (χ2v) is 7.01. The molecule has 2 aromatic heterocycles. The molecule has 0 amide bonds. The first-order valence-corrected chi connectivity index (χ1v) is 9.69. The highest BCUT2D eigenvalue weighted by molar-refractivity contribution is 5.80. The monoisotopic (exact) mass is 404 g/mol. The van der Waals surface area contributed by atoms with E-state index in [1.807, 2.05) is 61.5 Å². The Bertz CT molecular complexity index is 1230. The van der Waals surface area contributed by atoms with Crippen LogP contribution in [-0.4, -0.2) is 29.0 Å². The lowest BCUT2D eigenvalue weighted by Crippen LogP contribution is -2.21. The van der Waals surface area contributed by atoms with E-state index in [0.717, 1.165) is 22.3 Å². The van der Waals surface area contributed by atoms with Crippen molar-refractivity contribution in [3.63, 3.8) is 0 Å². The molecule has 4 rings (SSSR count). The van der Waals surface area contributed by atoms with Crippen LogP contribution in [0.1, 0.15) is 16.8 Å². The SMILES string of the molecule is COc1ccc(CNCc2cc3c(C)nn(-c4ccccc4)c3[nH]c2=O)cc1OC. The summed E-state index contributed by atoms with van der Waals surface area (Å²) in [5.41, 5.74) is 4.06. The molecule has 0 saturated carbocycles. The van der Waals surface area contributed by atoms with Crippen LogP contribution >= 0.6 is 0 Å². The summed E-state index contributed by atoms with van der Waals surface area (Å²) in [6.45, 7) is 2.98. The Morgan fingerprint density at radius 2 is 1.77 bits per heavy atom. The van der Waals surface area contributed by atoms with Crippen LogP contribution in [0.3, 0.4) is 0 Å². The Morgan fingerprint density at radius 3 is 2.50 bits per heavy atom. The number of hydrogen-bond acceptors (Lipinski definition) is 5. The largest absolute Gasteiger partial charge is 0.493 e. The Hall–Kier alpha value is -3.58. The average molecular weight is 404 g/mol. The predicted molar refractivity (Wildman–Crippen MR) is 117 cm³/mol. The first-order valence-electron chi connectivity index (χ1n) is 9.69. The minimum atomic E-state index is -0.126. The summed E-state index contributed by atoms with van der Waals surface area (Å²) in [4.78, 5) is 15.7. The number of aromatic nitrogens is 3. The number of rotatable bonds is 7. The molecule has 0 bridgehead atoms. The summed E-state index contributed by atoms with van der Waals surface area (Å²) in [6, 6.07) is 17.4. The standard InChI is InChI=1S/C23H24N4O3/c1-15-19-12-17(14-24-13-16-9-10-20(29-2)21(11-16)30-3)23(28)25-22(19)27(26-15)18-7-5-4-6-8-18/h4-12,24H,13-14H2,1-3H3,(H,25,28). The Labute approximate surface area is 174 Å². The lowest BCUT2D eigenvalue weighted by atomic mass is 10.1. The number of ether oxygens (including phenoxy) is 2. The van der Waals surface area contributed by atoms with Crippen LogP contribution in [0.2, 0.25) is 0 Å². The third-order valence-corrected chi connectivity index (χ3v) is 5.04. The summed E-state index contributed by atoms with van der Waals surface area (Å²) < 4.78 is 12.4. The molecule has 7 nitrogen and oxygen atoms in total. The fourth-order valence-corrected chi connectivity index (χ4v) is 3.48. The van der Waals surface area contributed by atoms with Crippen molar-refractivity contribution in [2.45, 2.75) is 20.0 Å². The van der Waals surface area contributed by atoms with Crippen molar-refractivity contribution in [1.29, 1.82) is 0 Å². The normalized spacial score (nSPS) is 11.0. The van der Waals surface area contributed by atoms with Gasteiger partial charge < -0.3 is 19.8 Å². The lowest BCUT2D eigenvalue weighted by molar-refractivity contribution is 0.354. The van der Waals surface area contributed by atoms with Gasteiger partial charge in [-0.05, 0) is 42.8 Å². The molecule has 0 saturated heterocycles. The van der Waals surface area contributed by atoms with Crippen molar-refractivity contribution >= 4 is 11.0 Å². The minimum Gasteiger partial charge on any atom is -0.493 e. The van der Waals surface area contributed by atoms with Gasteiger partial charge in [0.25, 0.3) is 5.56 Å². The Balaban J connectivity index is 1.55. The molecule has 2 heterocycles. The van der Waals surface area contributed by atoms with Gasteiger partial charge in [-0.1, -0.05) is 24.3 Å². The molecule has 0 unspecified atom stereocenters. The van der Waals surface area contributed by atoms with Crippen LogP contribution < -0.4 is 20.3 Å². The summed E-state index contributed by atoms with van der Waals surface area (Å²) >= 11 is 0. The number of H-pyrrole nitrogens is 1. The van der Waals surface area contributed by atoms with Gasteiger partial charge in [-0.25, -0.2) is 4.68 Å². The number of benzene rings is 2. The first-order chi connectivity index (χ1) is 14.6. The van der Waals surface area contributed by atoms with E-state index in [2.05, 4.69) is 15.4 Å². The molecule has 0 fully saturated rings. The van der Waals surface area contributed by atoms with Gasteiger partial charge in [0.2, 0.25) is 0 Å². The van der Waals surface area contributed by atoms with Gasteiger partial charge in [0.15, 0.2) is 11.5 Å². The number of para-hydroxylation sites is 1. The lowest BCUT2D eigenvalue weighted by Gasteiger charge is -2.10. The maximum absolute atomic E-state index is 12.7. The van der Waals surface area contributed by atoms with Crippen LogP contribution in [0.25, 0.3) is 16.7 Å². The molecule has 2 N–H and O–H groups in total. The quantitative estimate of drug-likeness (QED) is 0.494. The predicted octanol–water partition coefficient (Wildman–Crippen LogP) is 3.33. The van der Waals surface area contributed by atoms with E-state index in [-0.39, 0.29) is 5.56 Å². The highest BCUT2D eigenvalue weighted by atomic mass is 16.5. The maximum Gasteiger partial charge on any atom is 0.254 e. The van der Waals surface area contributed by atoms with Crippen molar-refractivity contribution in [1.82, 2.24) is 20.1 Å². The van der Waals surface area contributed by atoms with Crippen molar-refractivity contribution in [2.75, 3.05) is 14.2 Å². The maximum atomic E-state index is 12.7. The highest BCUT2D eigenvalue weighted by Crippen LogP contribution is 2.27. The van der Waals surface area contributed by atoms with Crippen LogP contribution in [0.4, 0.5) is 0 Å². The molecule has 0 aliphatic heterocycles. The summed E-state index contributed by atoms with van der Waals surface area (Å²) in [7, 11) is 3.22. The van der Waals surface area contributed by atoms with E-state index in [9.17, 15) is 4.79 Å². The smallest absolute Gasteiger partial charge is 0.254 e. The number of nitrogens with one attached hydrogen (secondary N) is 2. The molecule has 0 atom stereocenters. The topological polar surface area (TPSA) is 81.2 Å². The Kier molecular flexibility index (Phi) is 5.54. The van der Waals surface area contributed by atoms with Gasteiger partial charge in [0.1, 0.15) is 5.65 Å². The first kappa shape index (κ1) is 19.7. The van der Waals surface area contributed by atoms with Crippen molar-refractivity contribution in [3.05, 3.63) is 81.8 Å². The average Bonchev–Trinajstić information content (AvgIpc) is 3.09. The van der Waals surface area contributed by atoms with E-state index in [4.69, 9.17) is 9.47 Å². The number of nitrogens with zero attached hydrogens (tertiary/aromatic N) is 2. The van der Waals surface area contributed by atoms with Gasteiger partial charge >= 0.3 is 0 Å². The van der Waals surface area contributed by atoms with Gasteiger partial charge in [-0.2, -0.15) is 5.10 Å². The molecule has 0 aliphatic carbocycles. The molecular formula is C23H24N4O3. The number of methoxy groups -OCH3 is 2. The number of aryl methyl sites for hydroxylation is 1. The zero-order chi connectivity index (χ0) is 21.1. The molecule has 0 aliphatic rings. The van der Waals surface area contributed by atoms with Crippen LogP contribution in [0.5, 0.6) is 11.5 Å². The molecule has 0 spiro atoms. The van der Waals surface area contributed by atoms with Crippen LogP contribution in [0, 0.1) is 6.92 Å². The molecular weight excluding hydrogens is 380 g/mol. The van der Waals surface area contributed by atoms with Gasteiger partial charge in [-0.15, -0.1) is 0 Å². The van der Waals surface area contributed by atoms with Gasteiger partial charge in [0, 0.05) is 24.0 Å². The van der Waals surface area contributed by atoms with Crippen molar-refractivity contribution in [3.8, 4) is 17.2 Å². The fourth-order valence-electron chi connectivity index (χ4n) is 3.48. The number of fused-ring (bicyclic) bond motifs is 1. The van der Waals surface area contributed by atoms with Crippen LogP contribution in [-0.2, 0) is 13.1 Å². The molecule has 7 heteroatoms. The van der Waals surface area contributed by atoms with E-state index < -0.39 is 0 Å². The third-order valence-electron chi connectivity index (χ3n) is 5.04. The van der Waals surface area contributed by atoms with Gasteiger partial charge in [-0.3, -0.25) is 4.79 Å².